The quantitative estimate of drug-likeness (QED) is 0.846. The van der Waals surface area contributed by atoms with Gasteiger partial charge in [0, 0.05) is 31.0 Å². The van der Waals surface area contributed by atoms with Crippen molar-refractivity contribution >= 4 is 20.7 Å². The molecule has 0 spiro atoms. The largest absolute Gasteiger partial charge is 0.573 e. The summed E-state index contributed by atoms with van der Waals surface area (Å²) in [4.78, 5) is 11.7. The number of aryl methyl sites for hydroxylation is 1. The molecular formula is C12H10F3NO4S. The van der Waals surface area contributed by atoms with Crippen molar-refractivity contribution in [2.45, 2.75) is 11.3 Å². The molecule has 1 heterocycles. The van der Waals surface area contributed by atoms with E-state index in [0.29, 0.717) is 0 Å². The van der Waals surface area contributed by atoms with E-state index in [4.69, 9.17) is 0 Å². The van der Waals surface area contributed by atoms with Crippen LogP contribution in [-0.2, 0) is 16.9 Å². The Hall–Kier alpha value is -2.03. The SMILES string of the molecule is Cn1cc(S(C)(=O)=O)c(=O)c2ccc(OC(F)(F)F)cc21. The van der Waals surface area contributed by atoms with Gasteiger partial charge >= 0.3 is 6.36 Å². The molecule has 0 aliphatic heterocycles. The van der Waals surface area contributed by atoms with Gasteiger partial charge in [0.05, 0.1) is 5.52 Å². The van der Waals surface area contributed by atoms with Crippen molar-refractivity contribution in [3.8, 4) is 5.75 Å². The molecule has 0 bridgehead atoms. The molecule has 0 saturated heterocycles. The van der Waals surface area contributed by atoms with Crippen LogP contribution in [0, 0.1) is 0 Å². The number of pyridine rings is 1. The van der Waals surface area contributed by atoms with Crippen LogP contribution in [0.4, 0.5) is 13.2 Å². The first-order valence-corrected chi connectivity index (χ1v) is 7.47. The van der Waals surface area contributed by atoms with Gasteiger partial charge in [-0.1, -0.05) is 0 Å². The van der Waals surface area contributed by atoms with Gasteiger partial charge in [0.25, 0.3) is 0 Å². The van der Waals surface area contributed by atoms with Crippen LogP contribution in [0.25, 0.3) is 10.9 Å². The Morgan fingerprint density at radius 1 is 1.24 bits per heavy atom. The van der Waals surface area contributed by atoms with Gasteiger partial charge in [-0.15, -0.1) is 13.2 Å². The molecule has 5 nitrogen and oxygen atoms in total. The summed E-state index contributed by atoms with van der Waals surface area (Å²) < 4.78 is 64.6. The molecule has 0 radical (unpaired) electrons. The lowest BCUT2D eigenvalue weighted by Gasteiger charge is -2.12. The Labute approximate surface area is 117 Å². The summed E-state index contributed by atoms with van der Waals surface area (Å²) in [5.41, 5.74) is -0.627. The maximum atomic E-state index is 12.2. The molecule has 0 aliphatic carbocycles. The summed E-state index contributed by atoms with van der Waals surface area (Å²) in [6, 6.07) is 3.09. The van der Waals surface area contributed by atoms with Crippen molar-refractivity contribution in [3.63, 3.8) is 0 Å². The van der Waals surface area contributed by atoms with Crippen LogP contribution in [0.15, 0.2) is 34.1 Å². The lowest BCUT2D eigenvalue weighted by Crippen LogP contribution is -2.19. The first-order chi connectivity index (χ1) is 9.49. The molecule has 0 fully saturated rings. The van der Waals surface area contributed by atoms with E-state index in [2.05, 4.69) is 4.74 Å². The van der Waals surface area contributed by atoms with Crippen molar-refractivity contribution in [2.75, 3.05) is 6.26 Å². The predicted molar refractivity (Wildman–Crippen MR) is 69.0 cm³/mol. The Balaban J connectivity index is 2.72. The fourth-order valence-corrected chi connectivity index (χ4v) is 2.69. The van der Waals surface area contributed by atoms with Crippen LogP contribution in [0.5, 0.6) is 5.75 Å². The molecule has 2 aromatic rings. The van der Waals surface area contributed by atoms with E-state index >= 15 is 0 Å². The Bertz CT molecular complexity index is 868. The third-order valence-corrected chi connectivity index (χ3v) is 3.85. The average Bonchev–Trinajstić information content (AvgIpc) is 2.30. The van der Waals surface area contributed by atoms with E-state index in [1.54, 1.807) is 0 Å². The molecule has 0 N–H and O–H groups in total. The Kier molecular flexibility index (Phi) is 3.48. The number of rotatable bonds is 2. The van der Waals surface area contributed by atoms with E-state index < -0.39 is 32.3 Å². The van der Waals surface area contributed by atoms with Crippen molar-refractivity contribution < 1.29 is 26.3 Å². The van der Waals surface area contributed by atoms with Gasteiger partial charge in [0.1, 0.15) is 10.6 Å². The van der Waals surface area contributed by atoms with Gasteiger partial charge < -0.3 is 9.30 Å². The van der Waals surface area contributed by atoms with Gasteiger partial charge in [0.15, 0.2) is 9.84 Å². The zero-order valence-electron chi connectivity index (χ0n) is 10.9. The highest BCUT2D eigenvalue weighted by Crippen LogP contribution is 2.25. The maximum Gasteiger partial charge on any atom is 0.573 e. The predicted octanol–water partition coefficient (Wildman–Crippen LogP) is 1.84. The Morgan fingerprint density at radius 2 is 1.86 bits per heavy atom. The van der Waals surface area contributed by atoms with E-state index in [9.17, 15) is 26.4 Å². The fraction of sp³-hybridized carbons (Fsp3) is 0.250. The van der Waals surface area contributed by atoms with Gasteiger partial charge in [-0.05, 0) is 12.1 Å². The average molecular weight is 321 g/mol. The number of sulfone groups is 1. The van der Waals surface area contributed by atoms with Crippen LogP contribution in [0.1, 0.15) is 0 Å². The van der Waals surface area contributed by atoms with E-state index in [-0.39, 0.29) is 10.9 Å². The summed E-state index contributed by atoms with van der Waals surface area (Å²) in [6.07, 6.45) is -2.90. The van der Waals surface area contributed by atoms with Crippen molar-refractivity contribution in [1.82, 2.24) is 4.57 Å². The topological polar surface area (TPSA) is 65.4 Å². The number of halogens is 3. The number of benzene rings is 1. The Morgan fingerprint density at radius 3 is 2.38 bits per heavy atom. The van der Waals surface area contributed by atoms with Crippen LogP contribution in [0.3, 0.4) is 0 Å². The van der Waals surface area contributed by atoms with Gasteiger partial charge in [-0.25, -0.2) is 8.42 Å². The molecule has 9 heteroatoms. The second-order valence-electron chi connectivity index (χ2n) is 4.43. The third-order valence-electron chi connectivity index (χ3n) is 2.76. The molecule has 0 saturated carbocycles. The minimum atomic E-state index is -4.85. The number of fused-ring (bicyclic) bond motifs is 1. The monoisotopic (exact) mass is 321 g/mol. The number of nitrogens with zero attached hydrogens (tertiary/aromatic N) is 1. The first-order valence-electron chi connectivity index (χ1n) is 5.58. The van der Waals surface area contributed by atoms with Crippen molar-refractivity contribution in [3.05, 3.63) is 34.6 Å². The van der Waals surface area contributed by atoms with Crippen LogP contribution < -0.4 is 10.2 Å². The van der Waals surface area contributed by atoms with Gasteiger partial charge in [-0.3, -0.25) is 4.79 Å². The molecule has 1 aromatic carbocycles. The van der Waals surface area contributed by atoms with E-state index in [1.165, 1.54) is 11.6 Å². The normalized spacial score (nSPS) is 12.6. The third kappa shape index (κ3) is 3.18. The van der Waals surface area contributed by atoms with Gasteiger partial charge in [-0.2, -0.15) is 0 Å². The lowest BCUT2D eigenvalue weighted by atomic mass is 10.2. The molecule has 0 unspecified atom stereocenters. The molecule has 1 aromatic heterocycles. The highest BCUT2D eigenvalue weighted by molar-refractivity contribution is 7.90. The van der Waals surface area contributed by atoms with E-state index in [0.717, 1.165) is 30.7 Å². The van der Waals surface area contributed by atoms with Crippen molar-refractivity contribution in [2.24, 2.45) is 7.05 Å². The second kappa shape index (κ2) is 4.76. The number of ether oxygens (including phenoxy) is 1. The lowest BCUT2D eigenvalue weighted by molar-refractivity contribution is -0.274. The summed E-state index contributed by atoms with van der Waals surface area (Å²) in [5.74, 6) is -0.489. The summed E-state index contributed by atoms with van der Waals surface area (Å²) in [7, 11) is -2.31. The number of alkyl halides is 3. The smallest absolute Gasteiger partial charge is 0.406 e. The second-order valence-corrected chi connectivity index (χ2v) is 6.42. The number of hydrogen-bond acceptors (Lipinski definition) is 4. The summed E-state index contributed by atoms with van der Waals surface area (Å²) >= 11 is 0. The molecule has 0 amide bonds. The van der Waals surface area contributed by atoms with Crippen molar-refractivity contribution in [1.29, 1.82) is 0 Å². The van der Waals surface area contributed by atoms with Crippen LogP contribution in [0.2, 0.25) is 0 Å². The summed E-state index contributed by atoms with van der Waals surface area (Å²) in [6.45, 7) is 0. The fourth-order valence-electron chi connectivity index (χ4n) is 1.89. The number of hydrogen-bond donors (Lipinski definition) is 0. The van der Waals surface area contributed by atoms with Crippen LogP contribution in [-0.4, -0.2) is 25.6 Å². The minimum absolute atomic E-state index is 0.00468. The summed E-state index contributed by atoms with van der Waals surface area (Å²) in [5, 5.41) is -0.00468. The molecule has 114 valence electrons. The first kappa shape index (κ1) is 15.4. The minimum Gasteiger partial charge on any atom is -0.406 e. The zero-order valence-corrected chi connectivity index (χ0v) is 11.7. The molecule has 21 heavy (non-hydrogen) atoms. The molecule has 0 atom stereocenters. The number of aromatic nitrogens is 1. The highest BCUT2D eigenvalue weighted by Gasteiger charge is 2.31. The van der Waals surface area contributed by atoms with Gasteiger partial charge in [0.2, 0.25) is 5.43 Å². The molecule has 0 aliphatic rings. The van der Waals surface area contributed by atoms with E-state index in [1.807, 2.05) is 0 Å². The maximum absolute atomic E-state index is 12.2. The molecule has 2 rings (SSSR count). The van der Waals surface area contributed by atoms with Crippen LogP contribution >= 0.6 is 0 Å². The zero-order chi connectivity index (χ0) is 16.0. The highest BCUT2D eigenvalue weighted by atomic mass is 32.2. The molecular weight excluding hydrogens is 311 g/mol. The standard InChI is InChI=1S/C12H10F3NO4S/c1-16-6-10(21(2,18)19)11(17)8-4-3-7(5-9(8)16)20-12(13,14)15/h3-6H,1-2H3.